The van der Waals surface area contributed by atoms with Crippen molar-refractivity contribution in [2.24, 2.45) is 11.8 Å². The van der Waals surface area contributed by atoms with Gasteiger partial charge in [-0.15, -0.1) is 0 Å². The standard InChI is InChI=1S/C11H16F2O3/c1-2-15-8-4-7-3-6(8)5-9(7)16-11(14)10(12)13/h6-10H,2-5H2,1H3. The van der Waals surface area contributed by atoms with E-state index in [1.54, 1.807) is 0 Å². The summed E-state index contributed by atoms with van der Waals surface area (Å²) in [4.78, 5) is 10.8. The summed E-state index contributed by atoms with van der Waals surface area (Å²) in [5, 5.41) is 0. The number of alkyl halides is 2. The Hall–Kier alpha value is -0.710. The second kappa shape index (κ2) is 4.65. The Balaban J connectivity index is 1.84. The van der Waals surface area contributed by atoms with Crippen molar-refractivity contribution in [3.05, 3.63) is 0 Å². The van der Waals surface area contributed by atoms with E-state index in [-0.39, 0.29) is 18.1 Å². The van der Waals surface area contributed by atoms with Crippen LogP contribution in [-0.4, -0.2) is 31.2 Å². The average molecular weight is 234 g/mol. The summed E-state index contributed by atoms with van der Waals surface area (Å²) in [5.74, 6) is -0.796. The van der Waals surface area contributed by atoms with Crippen molar-refractivity contribution in [3.63, 3.8) is 0 Å². The molecule has 0 aliphatic heterocycles. The van der Waals surface area contributed by atoms with Gasteiger partial charge in [-0.25, -0.2) is 4.79 Å². The molecule has 4 unspecified atom stereocenters. The summed E-state index contributed by atoms with van der Waals surface area (Å²) in [5.41, 5.74) is 0. The Morgan fingerprint density at radius 3 is 2.38 bits per heavy atom. The summed E-state index contributed by atoms with van der Waals surface area (Å²) in [7, 11) is 0. The van der Waals surface area contributed by atoms with Crippen molar-refractivity contribution in [3.8, 4) is 0 Å². The molecule has 0 N–H and O–H groups in total. The number of esters is 1. The first-order valence-electron chi connectivity index (χ1n) is 5.72. The van der Waals surface area contributed by atoms with Gasteiger partial charge in [-0.3, -0.25) is 0 Å². The molecular weight excluding hydrogens is 218 g/mol. The zero-order chi connectivity index (χ0) is 11.7. The van der Waals surface area contributed by atoms with Crippen LogP contribution in [0.2, 0.25) is 0 Å². The third-order valence-electron chi connectivity index (χ3n) is 3.55. The molecule has 0 aromatic carbocycles. The van der Waals surface area contributed by atoms with E-state index in [4.69, 9.17) is 9.47 Å². The van der Waals surface area contributed by atoms with Gasteiger partial charge in [0.15, 0.2) is 0 Å². The van der Waals surface area contributed by atoms with Gasteiger partial charge < -0.3 is 9.47 Å². The number of rotatable bonds is 4. The lowest BCUT2D eigenvalue weighted by Crippen LogP contribution is -2.32. The minimum absolute atomic E-state index is 0.212. The van der Waals surface area contributed by atoms with Crippen LogP contribution in [0.25, 0.3) is 0 Å². The minimum atomic E-state index is -3.01. The average Bonchev–Trinajstić information content (AvgIpc) is 2.77. The smallest absolute Gasteiger partial charge is 0.374 e. The van der Waals surface area contributed by atoms with Crippen molar-refractivity contribution >= 4 is 5.97 Å². The van der Waals surface area contributed by atoms with Gasteiger partial charge in [0.2, 0.25) is 0 Å². The van der Waals surface area contributed by atoms with Crippen molar-refractivity contribution in [1.82, 2.24) is 0 Å². The van der Waals surface area contributed by atoms with Gasteiger partial charge in [0, 0.05) is 6.61 Å². The highest BCUT2D eigenvalue weighted by atomic mass is 19.3. The number of halogens is 2. The summed E-state index contributed by atoms with van der Waals surface area (Å²) in [6.07, 6.45) is -0.652. The second-order valence-electron chi connectivity index (χ2n) is 4.50. The molecule has 3 nitrogen and oxygen atoms in total. The van der Waals surface area contributed by atoms with Crippen LogP contribution in [0, 0.1) is 11.8 Å². The van der Waals surface area contributed by atoms with Gasteiger partial charge in [0.25, 0.3) is 0 Å². The van der Waals surface area contributed by atoms with E-state index in [0.29, 0.717) is 18.9 Å². The fraction of sp³-hybridized carbons (Fsp3) is 0.909. The van der Waals surface area contributed by atoms with Crippen molar-refractivity contribution < 1.29 is 23.0 Å². The molecule has 92 valence electrons. The van der Waals surface area contributed by atoms with Crippen LogP contribution in [0.5, 0.6) is 0 Å². The fourth-order valence-electron chi connectivity index (χ4n) is 2.93. The fourth-order valence-corrected chi connectivity index (χ4v) is 2.93. The van der Waals surface area contributed by atoms with E-state index in [2.05, 4.69) is 0 Å². The first-order chi connectivity index (χ1) is 7.61. The van der Waals surface area contributed by atoms with Crippen molar-refractivity contribution in [2.45, 2.75) is 44.8 Å². The normalized spacial score (nSPS) is 37.0. The lowest BCUT2D eigenvalue weighted by Gasteiger charge is -2.27. The van der Waals surface area contributed by atoms with Crippen LogP contribution in [0.1, 0.15) is 26.2 Å². The Kier molecular flexibility index (Phi) is 3.42. The highest BCUT2D eigenvalue weighted by Crippen LogP contribution is 2.47. The molecule has 0 aromatic heterocycles. The minimum Gasteiger partial charge on any atom is -0.458 e. The molecule has 4 atom stereocenters. The molecule has 2 rings (SSSR count). The molecule has 0 saturated heterocycles. The second-order valence-corrected chi connectivity index (χ2v) is 4.50. The number of fused-ring (bicyclic) bond motifs is 2. The number of hydrogen-bond donors (Lipinski definition) is 0. The van der Waals surface area contributed by atoms with E-state index in [9.17, 15) is 13.6 Å². The van der Waals surface area contributed by atoms with E-state index in [0.717, 1.165) is 12.8 Å². The maximum Gasteiger partial charge on any atom is 0.374 e. The SMILES string of the molecule is CCOC1CC2CC1CC2OC(=O)C(F)F. The van der Waals surface area contributed by atoms with E-state index in [1.807, 2.05) is 6.92 Å². The van der Waals surface area contributed by atoms with Gasteiger partial charge in [0.05, 0.1) is 6.10 Å². The Bertz CT molecular complexity index is 270. The topological polar surface area (TPSA) is 35.5 Å². The predicted octanol–water partition coefficient (Wildman–Crippen LogP) is 2.00. The maximum absolute atomic E-state index is 12.0. The van der Waals surface area contributed by atoms with Gasteiger partial charge >= 0.3 is 12.4 Å². The molecule has 2 saturated carbocycles. The van der Waals surface area contributed by atoms with Crippen molar-refractivity contribution in [1.29, 1.82) is 0 Å². The molecule has 2 bridgehead atoms. The number of carbonyl (C=O) groups excluding carboxylic acids is 1. The molecular formula is C11H16F2O3. The number of carbonyl (C=O) groups is 1. The first kappa shape index (κ1) is 11.8. The lowest BCUT2D eigenvalue weighted by molar-refractivity contribution is -0.165. The van der Waals surface area contributed by atoms with E-state index < -0.39 is 12.4 Å². The molecule has 0 heterocycles. The van der Waals surface area contributed by atoms with Crippen LogP contribution < -0.4 is 0 Å². The molecule has 0 spiro atoms. The van der Waals surface area contributed by atoms with Crippen LogP contribution >= 0.6 is 0 Å². The Morgan fingerprint density at radius 2 is 1.88 bits per heavy atom. The van der Waals surface area contributed by atoms with Gasteiger partial charge in [-0.1, -0.05) is 0 Å². The molecule has 0 aromatic rings. The van der Waals surface area contributed by atoms with Gasteiger partial charge in [0.1, 0.15) is 6.10 Å². The van der Waals surface area contributed by atoms with E-state index in [1.165, 1.54) is 0 Å². The molecule has 5 heteroatoms. The number of hydrogen-bond acceptors (Lipinski definition) is 3. The maximum atomic E-state index is 12.0. The highest BCUT2D eigenvalue weighted by Gasteiger charge is 2.48. The van der Waals surface area contributed by atoms with Crippen LogP contribution in [-0.2, 0) is 14.3 Å². The highest BCUT2D eigenvalue weighted by molar-refractivity contribution is 5.73. The van der Waals surface area contributed by atoms with Crippen molar-refractivity contribution in [2.75, 3.05) is 6.61 Å². The van der Waals surface area contributed by atoms with Gasteiger partial charge in [-0.2, -0.15) is 8.78 Å². The molecule has 0 amide bonds. The van der Waals surface area contributed by atoms with Crippen LogP contribution in [0.15, 0.2) is 0 Å². The summed E-state index contributed by atoms with van der Waals surface area (Å²) >= 11 is 0. The van der Waals surface area contributed by atoms with Crippen LogP contribution in [0.3, 0.4) is 0 Å². The largest absolute Gasteiger partial charge is 0.458 e. The third kappa shape index (κ3) is 2.19. The summed E-state index contributed by atoms with van der Waals surface area (Å²) in [6, 6.07) is 0. The molecule has 2 fully saturated rings. The zero-order valence-corrected chi connectivity index (χ0v) is 9.20. The van der Waals surface area contributed by atoms with E-state index >= 15 is 0 Å². The lowest BCUT2D eigenvalue weighted by atomic mass is 9.95. The Morgan fingerprint density at radius 1 is 1.25 bits per heavy atom. The number of ether oxygens (including phenoxy) is 2. The van der Waals surface area contributed by atoms with Gasteiger partial charge in [-0.05, 0) is 38.0 Å². The molecule has 16 heavy (non-hydrogen) atoms. The quantitative estimate of drug-likeness (QED) is 0.698. The zero-order valence-electron chi connectivity index (χ0n) is 9.20. The molecule has 0 radical (unpaired) electrons. The molecule has 2 aliphatic rings. The first-order valence-corrected chi connectivity index (χ1v) is 5.72. The summed E-state index contributed by atoms with van der Waals surface area (Å²) in [6.45, 7) is 2.62. The predicted molar refractivity (Wildman–Crippen MR) is 52.1 cm³/mol. The summed E-state index contributed by atoms with van der Waals surface area (Å²) < 4.78 is 34.4. The molecule has 2 aliphatic carbocycles. The third-order valence-corrected chi connectivity index (χ3v) is 3.55. The Labute approximate surface area is 93.1 Å². The monoisotopic (exact) mass is 234 g/mol. The van der Waals surface area contributed by atoms with Crippen LogP contribution in [0.4, 0.5) is 8.78 Å².